The summed E-state index contributed by atoms with van der Waals surface area (Å²) < 4.78 is 62.5. The summed E-state index contributed by atoms with van der Waals surface area (Å²) in [6, 6.07) is 8.03. The molecular formula is C24H23ClF2N6O3S. The number of fused-ring (bicyclic) bond motifs is 1. The van der Waals surface area contributed by atoms with Gasteiger partial charge in [0.15, 0.2) is 11.5 Å². The van der Waals surface area contributed by atoms with E-state index in [1.165, 1.54) is 12.1 Å². The summed E-state index contributed by atoms with van der Waals surface area (Å²) in [4.78, 5) is 8.58. The largest absolute Gasteiger partial charge is 0.471 e. The van der Waals surface area contributed by atoms with Crippen LogP contribution in [0.4, 0.5) is 14.5 Å². The highest BCUT2D eigenvalue weighted by atomic mass is 35.5. The van der Waals surface area contributed by atoms with E-state index in [1.54, 1.807) is 26.0 Å². The number of hydrogen-bond donors (Lipinski definition) is 3. The highest BCUT2D eigenvalue weighted by Gasteiger charge is 2.28. The van der Waals surface area contributed by atoms with Gasteiger partial charge in [-0.25, -0.2) is 22.2 Å². The lowest BCUT2D eigenvalue weighted by Gasteiger charge is -2.27. The van der Waals surface area contributed by atoms with Crippen LogP contribution in [-0.2, 0) is 10.0 Å². The Kier molecular flexibility index (Phi) is 6.73. The number of halogens is 3. The van der Waals surface area contributed by atoms with Crippen molar-refractivity contribution >= 4 is 38.3 Å². The van der Waals surface area contributed by atoms with Gasteiger partial charge in [0.25, 0.3) is 10.0 Å². The normalized spacial score (nSPS) is 18.2. The molecule has 13 heteroatoms. The molecule has 0 bridgehead atoms. The SMILES string of the molecule is Cc1cc(NS(=O)(=O)c2cc(Cl)ccc2F)ccc1-c1nc(O[C@@H]2CCNC[C@@H]2F)c2c(C)n[nH]c2n1. The van der Waals surface area contributed by atoms with Crippen molar-refractivity contribution in [1.29, 1.82) is 0 Å². The molecule has 3 N–H and O–H groups in total. The molecule has 4 aromatic rings. The average molecular weight is 549 g/mol. The quantitative estimate of drug-likeness (QED) is 0.328. The first kappa shape index (κ1) is 25.3. The molecule has 3 heterocycles. The molecule has 2 aromatic heterocycles. The number of aromatic amines is 1. The van der Waals surface area contributed by atoms with Gasteiger partial charge in [0.05, 0.1) is 5.69 Å². The van der Waals surface area contributed by atoms with Crippen LogP contribution in [0.15, 0.2) is 41.3 Å². The molecule has 1 aliphatic heterocycles. The maximum Gasteiger partial charge on any atom is 0.264 e. The monoisotopic (exact) mass is 548 g/mol. The summed E-state index contributed by atoms with van der Waals surface area (Å²) in [5.74, 6) is -0.400. The predicted octanol–water partition coefficient (Wildman–Crippen LogP) is 4.31. The van der Waals surface area contributed by atoms with Gasteiger partial charge in [-0.3, -0.25) is 9.82 Å². The molecule has 0 aliphatic carbocycles. The van der Waals surface area contributed by atoms with Gasteiger partial charge < -0.3 is 10.1 Å². The van der Waals surface area contributed by atoms with E-state index in [0.29, 0.717) is 46.6 Å². The summed E-state index contributed by atoms with van der Waals surface area (Å²) in [7, 11) is -4.23. The standard InChI is InChI=1S/C24H23ClF2N6O3S/c1-12-9-15(33-37(34,35)20-10-14(25)3-6-17(20)26)4-5-16(12)22-29-23-21(13(2)31-32-23)24(30-22)36-19-7-8-28-11-18(19)27/h3-6,9-10,18-19,28,33H,7-8,11H2,1-2H3,(H,29,30,31,32)/t18-,19+/m0/s1. The first-order valence-corrected chi connectivity index (χ1v) is 13.3. The molecule has 9 nitrogen and oxygen atoms in total. The number of sulfonamides is 1. The van der Waals surface area contributed by atoms with Crippen LogP contribution in [0.5, 0.6) is 5.88 Å². The van der Waals surface area contributed by atoms with Gasteiger partial charge in [-0.1, -0.05) is 11.6 Å². The lowest BCUT2D eigenvalue weighted by Crippen LogP contribution is -2.44. The van der Waals surface area contributed by atoms with Crippen molar-refractivity contribution in [2.24, 2.45) is 0 Å². The highest BCUT2D eigenvalue weighted by molar-refractivity contribution is 7.92. The van der Waals surface area contributed by atoms with Crippen LogP contribution >= 0.6 is 11.6 Å². The second kappa shape index (κ2) is 9.84. The van der Waals surface area contributed by atoms with Crippen LogP contribution in [0.1, 0.15) is 17.7 Å². The van der Waals surface area contributed by atoms with Gasteiger partial charge in [-0.15, -0.1) is 0 Å². The van der Waals surface area contributed by atoms with E-state index >= 15 is 0 Å². The van der Waals surface area contributed by atoms with Crippen LogP contribution in [0.2, 0.25) is 5.02 Å². The number of nitrogens with zero attached hydrogens (tertiary/aromatic N) is 3. The van der Waals surface area contributed by atoms with Crippen molar-refractivity contribution in [3.63, 3.8) is 0 Å². The predicted molar refractivity (Wildman–Crippen MR) is 136 cm³/mol. The van der Waals surface area contributed by atoms with Crippen molar-refractivity contribution in [3.8, 4) is 17.3 Å². The zero-order chi connectivity index (χ0) is 26.3. The molecule has 2 atom stereocenters. The van der Waals surface area contributed by atoms with E-state index in [4.69, 9.17) is 16.3 Å². The summed E-state index contributed by atoms with van der Waals surface area (Å²) in [6.07, 6.45) is -1.36. The second-order valence-corrected chi connectivity index (χ2v) is 10.8. The fraction of sp³-hybridized carbons (Fsp3) is 0.292. The van der Waals surface area contributed by atoms with E-state index in [-0.39, 0.29) is 23.1 Å². The van der Waals surface area contributed by atoms with Gasteiger partial charge in [0, 0.05) is 22.8 Å². The number of alkyl halides is 1. The average Bonchev–Trinajstić information content (AvgIpc) is 3.22. The van der Waals surface area contributed by atoms with Crippen LogP contribution < -0.4 is 14.8 Å². The molecule has 0 saturated carbocycles. The number of H-pyrrole nitrogens is 1. The Balaban J connectivity index is 1.48. The number of aryl methyl sites for hydroxylation is 2. The summed E-state index contributed by atoms with van der Waals surface area (Å²) in [6.45, 7) is 4.36. The van der Waals surface area contributed by atoms with E-state index in [1.807, 2.05) is 0 Å². The Morgan fingerprint density at radius 3 is 2.73 bits per heavy atom. The van der Waals surface area contributed by atoms with Gasteiger partial charge in [0.1, 0.15) is 28.4 Å². The van der Waals surface area contributed by atoms with Crippen molar-refractivity contribution in [1.82, 2.24) is 25.5 Å². The first-order valence-electron chi connectivity index (χ1n) is 11.5. The Bertz CT molecular complexity index is 1600. The summed E-state index contributed by atoms with van der Waals surface area (Å²) >= 11 is 5.85. The minimum Gasteiger partial charge on any atom is -0.471 e. The highest BCUT2D eigenvalue weighted by Crippen LogP contribution is 2.32. The fourth-order valence-electron chi connectivity index (χ4n) is 4.19. The van der Waals surface area contributed by atoms with Crippen LogP contribution in [0.25, 0.3) is 22.4 Å². The Hall–Kier alpha value is -3.35. The van der Waals surface area contributed by atoms with Crippen molar-refractivity contribution in [3.05, 3.63) is 58.5 Å². The molecule has 0 amide bonds. The number of nitrogens with one attached hydrogen (secondary N) is 3. The molecule has 1 fully saturated rings. The van der Waals surface area contributed by atoms with Crippen molar-refractivity contribution in [2.45, 2.75) is 37.4 Å². The zero-order valence-electron chi connectivity index (χ0n) is 19.8. The van der Waals surface area contributed by atoms with E-state index in [9.17, 15) is 17.2 Å². The molecular weight excluding hydrogens is 526 g/mol. The molecule has 0 spiro atoms. The molecule has 0 unspecified atom stereocenters. The minimum atomic E-state index is -4.23. The van der Waals surface area contributed by atoms with E-state index in [2.05, 4.69) is 30.2 Å². The van der Waals surface area contributed by atoms with Crippen LogP contribution in [0, 0.1) is 19.7 Å². The topological polar surface area (TPSA) is 122 Å². The lowest BCUT2D eigenvalue weighted by molar-refractivity contribution is 0.0707. The van der Waals surface area contributed by atoms with Crippen LogP contribution in [-0.4, -0.2) is 53.9 Å². The second-order valence-electron chi connectivity index (χ2n) is 8.76. The molecule has 5 rings (SSSR count). The zero-order valence-corrected chi connectivity index (χ0v) is 21.4. The van der Waals surface area contributed by atoms with E-state index in [0.717, 1.165) is 12.1 Å². The molecule has 37 heavy (non-hydrogen) atoms. The Morgan fingerprint density at radius 2 is 1.97 bits per heavy atom. The van der Waals surface area contributed by atoms with Crippen molar-refractivity contribution < 1.29 is 21.9 Å². The maximum atomic E-state index is 14.5. The summed E-state index contributed by atoms with van der Waals surface area (Å²) in [5, 5.41) is 10.7. The number of anilines is 1. The Morgan fingerprint density at radius 1 is 1.16 bits per heavy atom. The molecule has 1 aliphatic rings. The van der Waals surface area contributed by atoms with Gasteiger partial charge in [0.2, 0.25) is 5.88 Å². The molecule has 0 radical (unpaired) electrons. The fourth-order valence-corrected chi connectivity index (χ4v) is 5.58. The summed E-state index contributed by atoms with van der Waals surface area (Å²) in [5.41, 5.74) is 2.50. The molecule has 1 saturated heterocycles. The Labute approximate surface area is 216 Å². The van der Waals surface area contributed by atoms with E-state index < -0.39 is 33.0 Å². The number of aromatic nitrogens is 4. The third kappa shape index (κ3) is 5.09. The smallest absolute Gasteiger partial charge is 0.264 e. The minimum absolute atomic E-state index is 0.0940. The number of piperidine rings is 1. The number of hydrogen-bond acceptors (Lipinski definition) is 7. The lowest BCUT2D eigenvalue weighted by atomic mass is 10.1. The number of ether oxygens (including phenoxy) is 1. The number of benzene rings is 2. The first-order chi connectivity index (χ1) is 17.6. The van der Waals surface area contributed by atoms with Crippen LogP contribution in [0.3, 0.4) is 0 Å². The molecule has 194 valence electrons. The third-order valence-electron chi connectivity index (χ3n) is 6.08. The van der Waals surface area contributed by atoms with Crippen molar-refractivity contribution in [2.75, 3.05) is 17.8 Å². The third-order valence-corrected chi connectivity index (χ3v) is 7.71. The van der Waals surface area contributed by atoms with Gasteiger partial charge in [-0.2, -0.15) is 10.1 Å². The van der Waals surface area contributed by atoms with Gasteiger partial charge >= 0.3 is 0 Å². The molecule has 2 aromatic carbocycles. The maximum absolute atomic E-state index is 14.5. The van der Waals surface area contributed by atoms with Gasteiger partial charge in [-0.05, 0) is 68.8 Å². The number of rotatable bonds is 6.